The number of carbonyl (C=O) groups excluding carboxylic acids is 1. The topological polar surface area (TPSA) is 60.3 Å². The van der Waals surface area contributed by atoms with E-state index in [2.05, 4.69) is 10.2 Å². The molecule has 1 N–H and O–H groups in total. The highest BCUT2D eigenvalue weighted by molar-refractivity contribution is 5.72. The predicted molar refractivity (Wildman–Crippen MR) is 86.0 cm³/mol. The van der Waals surface area contributed by atoms with Gasteiger partial charge in [0.05, 0.1) is 13.5 Å². The lowest BCUT2D eigenvalue weighted by Crippen LogP contribution is -2.30. The molecule has 0 radical (unpaired) electrons. The predicted octanol–water partition coefficient (Wildman–Crippen LogP) is 2.09. The molecule has 0 unspecified atom stereocenters. The van der Waals surface area contributed by atoms with Crippen LogP contribution in [-0.2, 0) is 16.0 Å². The third-order valence-electron chi connectivity index (χ3n) is 3.26. The van der Waals surface area contributed by atoms with Crippen molar-refractivity contribution < 1.29 is 9.53 Å². The number of rotatable bonds is 5. The highest BCUT2D eigenvalue weighted by Gasteiger charge is 2.11. The smallest absolute Gasteiger partial charge is 0.310 e. The molecule has 0 amide bonds. The van der Waals surface area contributed by atoms with Gasteiger partial charge in [0.15, 0.2) is 0 Å². The van der Waals surface area contributed by atoms with Gasteiger partial charge in [-0.05, 0) is 30.2 Å². The molecule has 1 aromatic carbocycles. The van der Waals surface area contributed by atoms with E-state index < -0.39 is 5.97 Å². The first kappa shape index (κ1) is 15.6. The van der Waals surface area contributed by atoms with E-state index in [-0.39, 0.29) is 12.0 Å². The summed E-state index contributed by atoms with van der Waals surface area (Å²) >= 11 is 0. The Morgan fingerprint density at radius 1 is 1.27 bits per heavy atom. The highest BCUT2D eigenvalue weighted by Crippen LogP contribution is 2.04. The van der Waals surface area contributed by atoms with Gasteiger partial charge in [-0.25, -0.2) is 4.68 Å². The molecule has 2 rings (SSSR count). The molecule has 0 spiro atoms. The van der Waals surface area contributed by atoms with E-state index in [9.17, 15) is 9.59 Å². The number of nitrogens with one attached hydrogen (secondary N) is 1. The number of ether oxygens (including phenoxy) is 1. The van der Waals surface area contributed by atoms with Crippen LogP contribution in [0.4, 0.5) is 0 Å². The summed E-state index contributed by atoms with van der Waals surface area (Å²) in [6, 6.07) is 11.5. The van der Waals surface area contributed by atoms with E-state index in [0.29, 0.717) is 5.56 Å². The SMILES string of the molecule is COC(=O)Cc1c(C)ccn(NC=Cc2ccccc2)c1=O. The number of aryl methyl sites for hydroxylation is 1. The zero-order valence-corrected chi connectivity index (χ0v) is 12.6. The summed E-state index contributed by atoms with van der Waals surface area (Å²) < 4.78 is 5.96. The molecule has 0 atom stereocenters. The van der Waals surface area contributed by atoms with Crippen LogP contribution in [0.25, 0.3) is 6.08 Å². The molecule has 0 saturated carbocycles. The van der Waals surface area contributed by atoms with E-state index in [0.717, 1.165) is 11.1 Å². The third kappa shape index (κ3) is 3.85. The van der Waals surface area contributed by atoms with Gasteiger partial charge in [0, 0.05) is 18.0 Å². The van der Waals surface area contributed by atoms with Crippen molar-refractivity contribution >= 4 is 12.0 Å². The van der Waals surface area contributed by atoms with Crippen molar-refractivity contribution in [3.8, 4) is 0 Å². The quantitative estimate of drug-likeness (QED) is 0.859. The Bertz CT molecular complexity index is 733. The Kier molecular flexibility index (Phi) is 5.14. The Hall–Kier alpha value is -2.82. The fraction of sp³-hybridized carbons (Fsp3) is 0.176. The fourth-order valence-electron chi connectivity index (χ4n) is 1.98. The van der Waals surface area contributed by atoms with Gasteiger partial charge in [0.25, 0.3) is 5.56 Å². The Morgan fingerprint density at radius 2 is 2.00 bits per heavy atom. The fourth-order valence-corrected chi connectivity index (χ4v) is 1.98. The number of hydrogen-bond acceptors (Lipinski definition) is 4. The van der Waals surface area contributed by atoms with Crippen LogP contribution in [0.3, 0.4) is 0 Å². The van der Waals surface area contributed by atoms with Crippen LogP contribution in [0, 0.1) is 6.92 Å². The van der Waals surface area contributed by atoms with Crippen molar-refractivity contribution in [3.63, 3.8) is 0 Å². The number of esters is 1. The van der Waals surface area contributed by atoms with Crippen LogP contribution in [0.1, 0.15) is 16.7 Å². The van der Waals surface area contributed by atoms with Crippen LogP contribution in [0.2, 0.25) is 0 Å². The Labute approximate surface area is 128 Å². The average Bonchev–Trinajstić information content (AvgIpc) is 2.54. The second kappa shape index (κ2) is 7.26. The van der Waals surface area contributed by atoms with Gasteiger partial charge >= 0.3 is 5.97 Å². The molecule has 1 heterocycles. The maximum atomic E-state index is 12.3. The minimum Gasteiger partial charge on any atom is -0.469 e. The molecule has 0 fully saturated rings. The number of benzene rings is 1. The number of nitrogens with zero attached hydrogens (tertiary/aromatic N) is 1. The Balaban J connectivity index is 2.18. The second-order valence-electron chi connectivity index (χ2n) is 4.78. The molecule has 0 aliphatic carbocycles. The summed E-state index contributed by atoms with van der Waals surface area (Å²) in [7, 11) is 1.31. The summed E-state index contributed by atoms with van der Waals surface area (Å²) in [6.45, 7) is 1.80. The van der Waals surface area contributed by atoms with E-state index in [1.807, 2.05) is 36.4 Å². The first-order valence-electron chi connectivity index (χ1n) is 6.88. The van der Waals surface area contributed by atoms with Crippen LogP contribution in [0.15, 0.2) is 53.6 Å². The Morgan fingerprint density at radius 3 is 2.68 bits per heavy atom. The number of carbonyl (C=O) groups is 1. The summed E-state index contributed by atoms with van der Waals surface area (Å²) in [5.41, 5.74) is 4.84. The van der Waals surface area contributed by atoms with Crippen molar-refractivity contribution in [3.05, 3.63) is 75.8 Å². The molecular formula is C17H18N2O3. The molecule has 114 valence electrons. The number of aromatic nitrogens is 1. The molecule has 5 heteroatoms. The van der Waals surface area contributed by atoms with Crippen molar-refractivity contribution in [1.82, 2.24) is 4.68 Å². The van der Waals surface area contributed by atoms with Crippen molar-refractivity contribution in [1.29, 1.82) is 0 Å². The summed E-state index contributed by atoms with van der Waals surface area (Å²) in [6.07, 6.45) is 5.13. The van der Waals surface area contributed by atoms with Gasteiger partial charge in [0.2, 0.25) is 0 Å². The standard InChI is InChI=1S/C17H18N2O3/c1-13-9-11-19(17(21)15(13)12-16(20)22-2)18-10-8-14-6-4-3-5-7-14/h3-11,18H,12H2,1-2H3. The van der Waals surface area contributed by atoms with Crippen molar-refractivity contribution in [2.45, 2.75) is 13.3 Å². The van der Waals surface area contributed by atoms with Crippen LogP contribution in [-0.4, -0.2) is 17.8 Å². The lowest BCUT2D eigenvalue weighted by atomic mass is 10.1. The molecule has 0 aliphatic heterocycles. The van der Waals surface area contributed by atoms with Gasteiger partial charge in [-0.2, -0.15) is 0 Å². The van der Waals surface area contributed by atoms with E-state index in [1.54, 1.807) is 25.4 Å². The second-order valence-corrected chi connectivity index (χ2v) is 4.78. The minimum atomic E-state index is -0.433. The van der Waals surface area contributed by atoms with Crippen molar-refractivity contribution in [2.75, 3.05) is 12.5 Å². The summed E-state index contributed by atoms with van der Waals surface area (Å²) in [5.74, 6) is -0.433. The van der Waals surface area contributed by atoms with Crippen LogP contribution >= 0.6 is 0 Å². The van der Waals surface area contributed by atoms with Gasteiger partial charge < -0.3 is 4.74 Å². The molecule has 22 heavy (non-hydrogen) atoms. The molecule has 0 aliphatic rings. The first-order valence-corrected chi connectivity index (χ1v) is 6.88. The van der Waals surface area contributed by atoms with E-state index in [1.165, 1.54) is 11.8 Å². The number of hydrogen-bond donors (Lipinski definition) is 1. The highest BCUT2D eigenvalue weighted by atomic mass is 16.5. The van der Waals surface area contributed by atoms with Gasteiger partial charge in [-0.3, -0.25) is 15.0 Å². The van der Waals surface area contributed by atoms with Gasteiger partial charge in [-0.1, -0.05) is 30.3 Å². The third-order valence-corrected chi connectivity index (χ3v) is 3.26. The monoisotopic (exact) mass is 298 g/mol. The molecule has 2 aromatic rings. The molecular weight excluding hydrogens is 280 g/mol. The maximum Gasteiger partial charge on any atom is 0.310 e. The molecule has 5 nitrogen and oxygen atoms in total. The van der Waals surface area contributed by atoms with Crippen LogP contribution in [0.5, 0.6) is 0 Å². The zero-order valence-electron chi connectivity index (χ0n) is 12.6. The van der Waals surface area contributed by atoms with Gasteiger partial charge in [0.1, 0.15) is 0 Å². The number of methoxy groups -OCH3 is 1. The van der Waals surface area contributed by atoms with E-state index >= 15 is 0 Å². The number of pyridine rings is 1. The zero-order chi connectivity index (χ0) is 15.9. The first-order chi connectivity index (χ1) is 10.6. The van der Waals surface area contributed by atoms with Crippen molar-refractivity contribution in [2.24, 2.45) is 0 Å². The average molecular weight is 298 g/mol. The normalized spacial score (nSPS) is 10.6. The molecule has 0 bridgehead atoms. The summed E-state index contributed by atoms with van der Waals surface area (Å²) in [5, 5.41) is 0. The molecule has 0 saturated heterocycles. The summed E-state index contributed by atoms with van der Waals surface area (Å²) in [4.78, 5) is 23.7. The molecule has 1 aromatic heterocycles. The van der Waals surface area contributed by atoms with E-state index in [4.69, 9.17) is 0 Å². The lowest BCUT2D eigenvalue weighted by molar-refractivity contribution is -0.139. The van der Waals surface area contributed by atoms with Gasteiger partial charge in [-0.15, -0.1) is 0 Å². The van der Waals surface area contributed by atoms with Crippen LogP contribution < -0.4 is 11.0 Å². The maximum absolute atomic E-state index is 12.3. The largest absolute Gasteiger partial charge is 0.469 e. The minimum absolute atomic E-state index is 0.0356. The lowest BCUT2D eigenvalue weighted by Gasteiger charge is -2.09.